The lowest BCUT2D eigenvalue weighted by Crippen LogP contribution is -2.49. The molecule has 2 aromatic heterocycles. The minimum atomic E-state index is 0.129. The van der Waals surface area contributed by atoms with Crippen LogP contribution in [0.15, 0.2) is 53.9 Å². The summed E-state index contributed by atoms with van der Waals surface area (Å²) in [7, 11) is 0. The van der Waals surface area contributed by atoms with E-state index in [1.807, 2.05) is 23.1 Å². The van der Waals surface area contributed by atoms with Crippen molar-refractivity contribution in [2.24, 2.45) is 0 Å². The molecule has 1 amide bonds. The summed E-state index contributed by atoms with van der Waals surface area (Å²) >= 11 is 1.46. The molecule has 1 saturated heterocycles. The van der Waals surface area contributed by atoms with Crippen LogP contribution in [0.25, 0.3) is 0 Å². The van der Waals surface area contributed by atoms with Crippen LogP contribution in [-0.4, -0.2) is 67.5 Å². The lowest BCUT2D eigenvalue weighted by Gasteiger charge is -2.34. The van der Waals surface area contributed by atoms with Gasteiger partial charge < -0.3 is 14.4 Å². The normalized spacial score (nSPS) is 14.2. The second-order valence-corrected chi connectivity index (χ2v) is 7.95. The maximum Gasteiger partial charge on any atom is 0.233 e. The van der Waals surface area contributed by atoms with E-state index in [4.69, 9.17) is 0 Å². The Morgan fingerprint density at radius 1 is 1.00 bits per heavy atom. The maximum absolute atomic E-state index is 12.7. The van der Waals surface area contributed by atoms with Crippen molar-refractivity contribution in [2.75, 3.05) is 36.8 Å². The molecular weight excluding hydrogens is 398 g/mol. The zero-order valence-corrected chi connectivity index (χ0v) is 17.8. The SMILES string of the molecule is CCn1c(Cc2ccccc2)nnc1SCC(=O)N1CCN(c2ncccn2)CC1. The number of rotatable bonds is 7. The van der Waals surface area contributed by atoms with Gasteiger partial charge in [-0.15, -0.1) is 10.2 Å². The standard InChI is InChI=1S/C21H25N7OS/c1-2-28-18(15-17-7-4-3-5-8-17)24-25-21(28)30-16-19(29)26-11-13-27(14-12-26)20-22-9-6-10-23-20/h3-10H,2,11-16H2,1H3. The molecule has 0 unspecified atom stereocenters. The second-order valence-electron chi connectivity index (χ2n) is 7.01. The van der Waals surface area contributed by atoms with Crippen molar-refractivity contribution >= 4 is 23.6 Å². The number of hydrogen-bond acceptors (Lipinski definition) is 7. The van der Waals surface area contributed by atoms with E-state index in [9.17, 15) is 4.79 Å². The van der Waals surface area contributed by atoms with Crippen LogP contribution < -0.4 is 4.90 Å². The fourth-order valence-corrected chi connectivity index (χ4v) is 4.40. The van der Waals surface area contributed by atoms with Gasteiger partial charge in [0.15, 0.2) is 5.16 Å². The van der Waals surface area contributed by atoms with Crippen LogP contribution in [0.1, 0.15) is 18.3 Å². The minimum absolute atomic E-state index is 0.129. The first-order valence-electron chi connectivity index (χ1n) is 10.1. The summed E-state index contributed by atoms with van der Waals surface area (Å²) in [5, 5.41) is 9.49. The summed E-state index contributed by atoms with van der Waals surface area (Å²) < 4.78 is 2.09. The monoisotopic (exact) mass is 423 g/mol. The Kier molecular flexibility index (Phi) is 6.58. The van der Waals surface area contributed by atoms with Crippen molar-refractivity contribution in [3.63, 3.8) is 0 Å². The molecule has 1 aliphatic rings. The van der Waals surface area contributed by atoms with Crippen LogP contribution in [-0.2, 0) is 17.8 Å². The summed E-state index contributed by atoms with van der Waals surface area (Å²) in [5.41, 5.74) is 1.20. The van der Waals surface area contributed by atoms with Crippen molar-refractivity contribution in [3.8, 4) is 0 Å². The number of piperazine rings is 1. The van der Waals surface area contributed by atoms with Crippen LogP contribution in [0.4, 0.5) is 5.95 Å². The fourth-order valence-electron chi connectivity index (χ4n) is 3.48. The number of benzene rings is 1. The highest BCUT2D eigenvalue weighted by Crippen LogP contribution is 2.20. The third-order valence-electron chi connectivity index (χ3n) is 5.11. The Morgan fingerprint density at radius 2 is 1.73 bits per heavy atom. The Hall–Kier alpha value is -2.94. The van der Waals surface area contributed by atoms with E-state index in [1.54, 1.807) is 18.5 Å². The van der Waals surface area contributed by atoms with E-state index in [2.05, 4.69) is 48.7 Å². The van der Waals surface area contributed by atoms with Crippen molar-refractivity contribution in [1.29, 1.82) is 0 Å². The summed E-state index contributed by atoms with van der Waals surface area (Å²) in [4.78, 5) is 25.3. The van der Waals surface area contributed by atoms with Gasteiger partial charge in [-0.05, 0) is 18.6 Å². The predicted molar refractivity (Wildman–Crippen MR) is 116 cm³/mol. The molecule has 0 atom stereocenters. The lowest BCUT2D eigenvalue weighted by molar-refractivity contribution is -0.128. The number of carbonyl (C=O) groups excluding carboxylic acids is 1. The van der Waals surface area contributed by atoms with Crippen molar-refractivity contribution in [3.05, 3.63) is 60.2 Å². The van der Waals surface area contributed by atoms with Crippen molar-refractivity contribution < 1.29 is 4.79 Å². The number of carbonyl (C=O) groups is 1. The summed E-state index contributed by atoms with van der Waals surface area (Å²) in [6, 6.07) is 12.0. The molecule has 0 radical (unpaired) electrons. The highest BCUT2D eigenvalue weighted by atomic mass is 32.2. The van der Waals surface area contributed by atoms with E-state index in [-0.39, 0.29) is 5.91 Å². The van der Waals surface area contributed by atoms with Crippen LogP contribution in [0.3, 0.4) is 0 Å². The minimum Gasteiger partial charge on any atom is -0.338 e. The van der Waals surface area contributed by atoms with Crippen molar-refractivity contribution in [1.82, 2.24) is 29.6 Å². The first-order valence-corrected chi connectivity index (χ1v) is 11.1. The number of thioether (sulfide) groups is 1. The molecule has 8 nitrogen and oxygen atoms in total. The molecule has 1 fully saturated rings. The molecule has 4 rings (SSSR count). The van der Waals surface area contributed by atoms with Crippen LogP contribution in [0.2, 0.25) is 0 Å². The van der Waals surface area contributed by atoms with Crippen LogP contribution in [0.5, 0.6) is 0 Å². The summed E-state index contributed by atoms with van der Waals surface area (Å²) in [5.74, 6) is 2.14. The first kappa shape index (κ1) is 20.3. The van der Waals surface area contributed by atoms with Gasteiger partial charge in [0.1, 0.15) is 5.82 Å². The van der Waals surface area contributed by atoms with E-state index in [1.165, 1.54) is 17.3 Å². The molecule has 0 bridgehead atoms. The van der Waals surface area contributed by atoms with E-state index >= 15 is 0 Å². The molecule has 0 saturated carbocycles. The summed E-state index contributed by atoms with van der Waals surface area (Å²) in [6.07, 6.45) is 4.22. The zero-order chi connectivity index (χ0) is 20.8. The average molecular weight is 424 g/mol. The van der Waals surface area contributed by atoms with E-state index in [0.29, 0.717) is 18.8 Å². The third kappa shape index (κ3) is 4.79. The quantitative estimate of drug-likeness (QED) is 0.539. The molecule has 1 aromatic carbocycles. The number of anilines is 1. The molecule has 30 heavy (non-hydrogen) atoms. The largest absolute Gasteiger partial charge is 0.338 e. The molecule has 1 aliphatic heterocycles. The van der Waals surface area contributed by atoms with Gasteiger partial charge in [0, 0.05) is 51.5 Å². The topological polar surface area (TPSA) is 80.0 Å². The molecule has 9 heteroatoms. The molecule has 0 aliphatic carbocycles. The van der Waals surface area contributed by atoms with Gasteiger partial charge in [0.25, 0.3) is 0 Å². The van der Waals surface area contributed by atoms with Gasteiger partial charge in [0.05, 0.1) is 5.75 Å². The van der Waals surface area contributed by atoms with Crippen LogP contribution >= 0.6 is 11.8 Å². The molecule has 156 valence electrons. The number of nitrogens with zero attached hydrogens (tertiary/aromatic N) is 7. The first-order chi connectivity index (χ1) is 14.7. The maximum atomic E-state index is 12.7. The average Bonchev–Trinajstić information content (AvgIpc) is 3.20. The van der Waals surface area contributed by atoms with Gasteiger partial charge in [0.2, 0.25) is 11.9 Å². The van der Waals surface area contributed by atoms with Gasteiger partial charge in [-0.1, -0.05) is 42.1 Å². The highest BCUT2D eigenvalue weighted by molar-refractivity contribution is 7.99. The third-order valence-corrected chi connectivity index (χ3v) is 6.06. The van der Waals surface area contributed by atoms with E-state index in [0.717, 1.165) is 43.0 Å². The Bertz CT molecular complexity index is 956. The zero-order valence-electron chi connectivity index (χ0n) is 17.0. The Labute approximate surface area is 180 Å². The molecule has 0 spiro atoms. The van der Waals surface area contributed by atoms with Crippen molar-refractivity contribution in [2.45, 2.75) is 25.0 Å². The van der Waals surface area contributed by atoms with E-state index < -0.39 is 0 Å². The predicted octanol–water partition coefficient (Wildman–Crippen LogP) is 2.12. The molecule has 3 aromatic rings. The number of hydrogen-bond donors (Lipinski definition) is 0. The van der Waals surface area contributed by atoms with Gasteiger partial charge in [-0.25, -0.2) is 9.97 Å². The van der Waals surface area contributed by atoms with Gasteiger partial charge in [-0.3, -0.25) is 4.79 Å². The number of aromatic nitrogens is 5. The van der Waals surface area contributed by atoms with Gasteiger partial charge in [-0.2, -0.15) is 0 Å². The highest BCUT2D eigenvalue weighted by Gasteiger charge is 2.23. The fraction of sp³-hybridized carbons (Fsp3) is 0.381. The van der Waals surface area contributed by atoms with Crippen LogP contribution in [0, 0.1) is 0 Å². The lowest BCUT2D eigenvalue weighted by atomic mass is 10.1. The molecule has 0 N–H and O–H groups in total. The summed E-state index contributed by atoms with van der Waals surface area (Å²) in [6.45, 7) is 5.70. The smallest absolute Gasteiger partial charge is 0.233 e. The molecule has 3 heterocycles. The number of amides is 1. The Balaban J connectivity index is 1.31. The van der Waals surface area contributed by atoms with Gasteiger partial charge >= 0.3 is 0 Å². The molecular formula is C21H25N7OS. The second kappa shape index (κ2) is 9.71. The Morgan fingerprint density at radius 3 is 2.43 bits per heavy atom.